The first kappa shape index (κ1) is 23.0. The molecule has 0 radical (unpaired) electrons. The number of rotatable bonds is 8. The van der Waals surface area contributed by atoms with Gasteiger partial charge in [0.2, 0.25) is 5.91 Å². The van der Waals surface area contributed by atoms with Gasteiger partial charge in [0, 0.05) is 31.7 Å². The normalized spacial score (nSPS) is 15.5. The molecule has 6 nitrogen and oxygen atoms in total. The molecule has 166 valence electrons. The second-order valence-corrected chi connectivity index (χ2v) is 8.49. The molecule has 0 bridgehead atoms. The number of aryl methyl sites for hydroxylation is 1. The number of nitrogens with zero attached hydrogens (tertiary/aromatic N) is 1. The lowest BCUT2D eigenvalue weighted by molar-refractivity contribution is -0.124. The van der Waals surface area contributed by atoms with Crippen molar-refractivity contribution in [2.75, 3.05) is 26.3 Å². The molecule has 6 heteroatoms. The molecule has 1 aliphatic rings. The zero-order valence-electron chi connectivity index (χ0n) is 18.7. The maximum atomic E-state index is 12.8. The first-order valence-electron chi connectivity index (χ1n) is 11.0. The standard InChI is InChI=1S/C25H33N3O3/c1-18(2)23(27-24(29)22-9-4-6-19(3)14-22)25(30)26-16-20-7-5-8-21(15-20)17-28-10-12-31-13-11-28/h4-9,14-15,18,23H,10-13,16-17H2,1-3H3,(H,26,30)(H,27,29). The van der Waals surface area contributed by atoms with Gasteiger partial charge in [-0.3, -0.25) is 14.5 Å². The van der Waals surface area contributed by atoms with Crippen molar-refractivity contribution in [3.63, 3.8) is 0 Å². The van der Waals surface area contributed by atoms with Gasteiger partial charge in [0.25, 0.3) is 5.91 Å². The molecule has 0 saturated carbocycles. The summed E-state index contributed by atoms with van der Waals surface area (Å²) in [6.45, 7) is 10.6. The van der Waals surface area contributed by atoms with Crippen LogP contribution < -0.4 is 10.6 Å². The first-order valence-corrected chi connectivity index (χ1v) is 11.0. The van der Waals surface area contributed by atoms with E-state index in [1.807, 2.05) is 51.1 Å². The fourth-order valence-corrected chi connectivity index (χ4v) is 3.70. The van der Waals surface area contributed by atoms with Gasteiger partial charge < -0.3 is 15.4 Å². The van der Waals surface area contributed by atoms with E-state index in [-0.39, 0.29) is 17.7 Å². The second-order valence-electron chi connectivity index (χ2n) is 8.49. The van der Waals surface area contributed by atoms with Crippen LogP contribution in [0.15, 0.2) is 48.5 Å². The molecule has 2 N–H and O–H groups in total. The van der Waals surface area contributed by atoms with Crippen molar-refractivity contribution in [1.29, 1.82) is 0 Å². The van der Waals surface area contributed by atoms with Gasteiger partial charge >= 0.3 is 0 Å². The Morgan fingerprint density at radius 2 is 1.74 bits per heavy atom. The first-order chi connectivity index (χ1) is 14.9. The van der Waals surface area contributed by atoms with Crippen LogP contribution in [0.4, 0.5) is 0 Å². The third-order valence-electron chi connectivity index (χ3n) is 5.48. The second kappa shape index (κ2) is 11.1. The maximum absolute atomic E-state index is 12.8. The van der Waals surface area contributed by atoms with Gasteiger partial charge in [-0.1, -0.05) is 55.8 Å². The van der Waals surface area contributed by atoms with Gasteiger partial charge in [-0.25, -0.2) is 0 Å². The summed E-state index contributed by atoms with van der Waals surface area (Å²) in [5, 5.41) is 5.88. The third kappa shape index (κ3) is 6.91. The number of hydrogen-bond acceptors (Lipinski definition) is 4. The number of ether oxygens (including phenoxy) is 1. The van der Waals surface area contributed by atoms with Gasteiger partial charge in [-0.15, -0.1) is 0 Å². The van der Waals surface area contributed by atoms with Crippen molar-refractivity contribution in [1.82, 2.24) is 15.5 Å². The van der Waals surface area contributed by atoms with Crippen LogP contribution in [0, 0.1) is 12.8 Å². The molecule has 31 heavy (non-hydrogen) atoms. The Balaban J connectivity index is 1.57. The van der Waals surface area contributed by atoms with Crippen LogP contribution in [-0.4, -0.2) is 49.1 Å². The van der Waals surface area contributed by atoms with E-state index in [0.717, 1.165) is 44.0 Å². The molecule has 1 saturated heterocycles. The highest BCUT2D eigenvalue weighted by Gasteiger charge is 2.24. The lowest BCUT2D eigenvalue weighted by Crippen LogP contribution is -2.49. The van der Waals surface area contributed by atoms with Crippen molar-refractivity contribution in [2.24, 2.45) is 5.92 Å². The lowest BCUT2D eigenvalue weighted by atomic mass is 10.0. The maximum Gasteiger partial charge on any atom is 0.251 e. The van der Waals surface area contributed by atoms with Crippen LogP contribution in [0.25, 0.3) is 0 Å². The molecule has 2 aromatic carbocycles. The van der Waals surface area contributed by atoms with E-state index in [0.29, 0.717) is 12.1 Å². The van der Waals surface area contributed by atoms with E-state index < -0.39 is 6.04 Å². The van der Waals surface area contributed by atoms with Crippen LogP contribution in [0.2, 0.25) is 0 Å². The molecule has 2 aromatic rings. The van der Waals surface area contributed by atoms with Crippen molar-refractivity contribution < 1.29 is 14.3 Å². The van der Waals surface area contributed by atoms with Crippen molar-refractivity contribution in [3.05, 3.63) is 70.8 Å². The number of amides is 2. The molecule has 3 rings (SSSR count). The van der Waals surface area contributed by atoms with E-state index in [1.54, 1.807) is 6.07 Å². The molecule has 1 atom stereocenters. The molecule has 0 aliphatic carbocycles. The minimum Gasteiger partial charge on any atom is -0.379 e. The summed E-state index contributed by atoms with van der Waals surface area (Å²) in [5.74, 6) is -0.430. The van der Waals surface area contributed by atoms with Crippen LogP contribution in [0.5, 0.6) is 0 Å². The molecule has 1 heterocycles. The van der Waals surface area contributed by atoms with Gasteiger partial charge in [-0.05, 0) is 36.1 Å². The molecule has 1 fully saturated rings. The SMILES string of the molecule is Cc1cccc(C(=O)NC(C(=O)NCc2cccc(CN3CCOCC3)c2)C(C)C)c1. The largest absolute Gasteiger partial charge is 0.379 e. The van der Waals surface area contributed by atoms with Gasteiger partial charge in [0.05, 0.1) is 13.2 Å². The molecule has 2 amide bonds. The molecule has 1 unspecified atom stereocenters. The summed E-state index contributed by atoms with van der Waals surface area (Å²) >= 11 is 0. The summed E-state index contributed by atoms with van der Waals surface area (Å²) in [5.41, 5.74) is 3.85. The fourth-order valence-electron chi connectivity index (χ4n) is 3.70. The molecule has 0 aromatic heterocycles. The topological polar surface area (TPSA) is 70.7 Å². The molecule has 0 spiro atoms. The molecular formula is C25H33N3O3. The van der Waals surface area contributed by atoms with E-state index in [1.165, 1.54) is 5.56 Å². The molecular weight excluding hydrogens is 390 g/mol. The fraction of sp³-hybridized carbons (Fsp3) is 0.440. The number of hydrogen-bond donors (Lipinski definition) is 2. The summed E-state index contributed by atoms with van der Waals surface area (Å²) in [6.07, 6.45) is 0. The quantitative estimate of drug-likeness (QED) is 0.685. The van der Waals surface area contributed by atoms with Crippen molar-refractivity contribution in [3.8, 4) is 0 Å². The Bertz CT molecular complexity index is 891. The minimum atomic E-state index is -0.593. The number of nitrogens with one attached hydrogen (secondary N) is 2. The molecule has 1 aliphatic heterocycles. The van der Waals surface area contributed by atoms with Gasteiger partial charge in [-0.2, -0.15) is 0 Å². The van der Waals surface area contributed by atoms with Gasteiger partial charge in [0.1, 0.15) is 6.04 Å². The predicted octanol–water partition coefficient (Wildman–Crippen LogP) is 2.90. The van der Waals surface area contributed by atoms with Gasteiger partial charge in [0.15, 0.2) is 0 Å². The van der Waals surface area contributed by atoms with Crippen LogP contribution in [0.3, 0.4) is 0 Å². The van der Waals surface area contributed by atoms with E-state index in [9.17, 15) is 9.59 Å². The minimum absolute atomic E-state index is 0.0265. The number of carbonyl (C=O) groups is 2. The summed E-state index contributed by atoms with van der Waals surface area (Å²) in [7, 11) is 0. The summed E-state index contributed by atoms with van der Waals surface area (Å²) in [6, 6.07) is 15.1. The highest BCUT2D eigenvalue weighted by Crippen LogP contribution is 2.11. The Kier molecular flexibility index (Phi) is 8.20. The highest BCUT2D eigenvalue weighted by atomic mass is 16.5. The summed E-state index contributed by atoms with van der Waals surface area (Å²) in [4.78, 5) is 27.8. The average Bonchev–Trinajstić information content (AvgIpc) is 2.76. The number of carbonyl (C=O) groups excluding carboxylic acids is 2. The van der Waals surface area contributed by atoms with E-state index >= 15 is 0 Å². The smallest absolute Gasteiger partial charge is 0.251 e. The van der Waals surface area contributed by atoms with Crippen LogP contribution in [0.1, 0.15) is 40.9 Å². The number of morpholine rings is 1. The van der Waals surface area contributed by atoms with Crippen molar-refractivity contribution >= 4 is 11.8 Å². The van der Waals surface area contributed by atoms with Crippen LogP contribution in [-0.2, 0) is 22.6 Å². The highest BCUT2D eigenvalue weighted by molar-refractivity contribution is 5.97. The zero-order valence-corrected chi connectivity index (χ0v) is 18.7. The third-order valence-corrected chi connectivity index (χ3v) is 5.48. The summed E-state index contributed by atoms with van der Waals surface area (Å²) < 4.78 is 5.41. The van der Waals surface area contributed by atoms with Crippen LogP contribution >= 0.6 is 0 Å². The Hall–Kier alpha value is -2.70. The number of benzene rings is 2. The van der Waals surface area contributed by atoms with E-state index in [4.69, 9.17) is 4.74 Å². The lowest BCUT2D eigenvalue weighted by Gasteiger charge is -2.26. The Morgan fingerprint density at radius 1 is 1.03 bits per heavy atom. The van der Waals surface area contributed by atoms with E-state index in [2.05, 4.69) is 27.7 Å². The van der Waals surface area contributed by atoms with Crippen molar-refractivity contribution in [2.45, 2.75) is 39.9 Å². The predicted molar refractivity (Wildman–Crippen MR) is 122 cm³/mol. The zero-order chi connectivity index (χ0) is 22.2. The monoisotopic (exact) mass is 423 g/mol. The average molecular weight is 424 g/mol. The Labute approximate surface area is 185 Å². The Morgan fingerprint density at radius 3 is 2.45 bits per heavy atom.